The van der Waals surface area contributed by atoms with Gasteiger partial charge in [-0.05, 0) is 62.4 Å². The lowest BCUT2D eigenvalue weighted by Gasteiger charge is -2.58. The summed E-state index contributed by atoms with van der Waals surface area (Å²) in [5, 5.41) is 0. The summed E-state index contributed by atoms with van der Waals surface area (Å²) in [7, 11) is -5.68. The molecule has 0 radical (unpaired) electrons. The molecule has 1 aliphatic heterocycles. The number of alkyl halides is 3. The molecule has 180 valence electrons. The molecular formula is C22H29F3O6S. The van der Waals surface area contributed by atoms with E-state index in [9.17, 15) is 26.4 Å². The number of hydrogen-bond donors (Lipinski definition) is 0. The Balaban J connectivity index is 1.38. The van der Waals surface area contributed by atoms with E-state index < -0.39 is 21.0 Å². The van der Waals surface area contributed by atoms with Crippen molar-refractivity contribution in [2.45, 2.75) is 89.0 Å². The fourth-order valence-electron chi connectivity index (χ4n) is 7.80. The molecule has 3 saturated carbocycles. The number of epoxide rings is 1. The summed E-state index contributed by atoms with van der Waals surface area (Å²) in [5.74, 6) is 0.216. The third kappa shape index (κ3) is 2.93. The normalized spacial score (nSPS) is 47.3. The number of hydrogen-bond acceptors (Lipinski definition) is 6. The van der Waals surface area contributed by atoms with Gasteiger partial charge >= 0.3 is 21.6 Å². The number of halogens is 3. The summed E-state index contributed by atoms with van der Waals surface area (Å²) in [6, 6.07) is 0. The molecule has 0 aromatic carbocycles. The van der Waals surface area contributed by atoms with Crippen LogP contribution in [0.1, 0.15) is 65.7 Å². The van der Waals surface area contributed by atoms with Crippen molar-refractivity contribution < 1.29 is 40.0 Å². The predicted molar refractivity (Wildman–Crippen MR) is 106 cm³/mol. The second kappa shape index (κ2) is 6.64. The van der Waals surface area contributed by atoms with Gasteiger partial charge in [0, 0.05) is 24.2 Å². The van der Waals surface area contributed by atoms with E-state index in [4.69, 9.17) is 9.47 Å². The first-order valence-electron chi connectivity index (χ1n) is 11.3. The van der Waals surface area contributed by atoms with Crippen LogP contribution in [-0.2, 0) is 28.6 Å². The predicted octanol–water partition coefficient (Wildman–Crippen LogP) is 4.45. The Kier molecular flexibility index (Phi) is 4.67. The van der Waals surface area contributed by atoms with Gasteiger partial charge in [-0.25, -0.2) is 0 Å². The lowest BCUT2D eigenvalue weighted by Crippen LogP contribution is -2.58. The minimum atomic E-state index is -5.68. The Labute approximate surface area is 186 Å². The highest BCUT2D eigenvalue weighted by Gasteiger charge is 2.76. The van der Waals surface area contributed by atoms with Crippen LogP contribution in [0.5, 0.6) is 0 Å². The topological polar surface area (TPSA) is 82.2 Å². The van der Waals surface area contributed by atoms with E-state index >= 15 is 0 Å². The van der Waals surface area contributed by atoms with E-state index in [2.05, 4.69) is 11.1 Å². The molecule has 0 amide bonds. The number of allylic oxidation sites excluding steroid dienone is 2. The maximum absolute atomic E-state index is 12.9. The quantitative estimate of drug-likeness (QED) is 0.258. The average molecular weight is 479 g/mol. The molecule has 4 aliphatic carbocycles. The van der Waals surface area contributed by atoms with Gasteiger partial charge in [-0.2, -0.15) is 21.6 Å². The molecule has 1 saturated heterocycles. The molecule has 6 nitrogen and oxygen atoms in total. The van der Waals surface area contributed by atoms with Crippen molar-refractivity contribution in [3.8, 4) is 0 Å². The number of carbonyl (C=O) groups is 1. The Morgan fingerprint density at radius 1 is 1.19 bits per heavy atom. The summed E-state index contributed by atoms with van der Waals surface area (Å²) in [6.07, 6.45) is 6.42. The van der Waals surface area contributed by atoms with Crippen molar-refractivity contribution in [2.24, 2.45) is 28.6 Å². The highest BCUT2D eigenvalue weighted by Crippen LogP contribution is 2.73. The fraction of sp³-hybridized carbons (Fsp3) is 0.864. The van der Waals surface area contributed by atoms with Gasteiger partial charge in [0.2, 0.25) is 0 Å². The maximum Gasteiger partial charge on any atom is 0.534 e. The number of carbonyl (C=O) groups excluding carboxylic acids is 1. The Hall–Kier alpha value is -1.29. The first-order chi connectivity index (χ1) is 14.7. The average Bonchev–Trinajstić information content (AvgIpc) is 3.26. The first kappa shape index (κ1) is 22.5. The molecule has 5 rings (SSSR count). The van der Waals surface area contributed by atoms with Crippen molar-refractivity contribution >= 4 is 16.1 Å². The number of rotatable bonds is 3. The van der Waals surface area contributed by atoms with Gasteiger partial charge in [0.05, 0.1) is 6.10 Å². The van der Waals surface area contributed by atoms with Crippen molar-refractivity contribution in [3.05, 3.63) is 11.8 Å². The highest BCUT2D eigenvalue weighted by atomic mass is 32.2. The zero-order valence-electron chi connectivity index (χ0n) is 18.4. The summed E-state index contributed by atoms with van der Waals surface area (Å²) in [6.45, 7) is 5.51. The molecule has 10 heteroatoms. The molecule has 1 heterocycles. The van der Waals surface area contributed by atoms with Crippen LogP contribution in [0, 0.1) is 28.6 Å². The zero-order valence-corrected chi connectivity index (χ0v) is 19.2. The highest BCUT2D eigenvalue weighted by molar-refractivity contribution is 7.87. The molecule has 0 N–H and O–H groups in total. The van der Waals surface area contributed by atoms with Gasteiger partial charge in [0.25, 0.3) is 0 Å². The minimum Gasteiger partial charge on any atom is -0.462 e. The standard InChI is InChI=1S/C22H29F3O6S/c1-12(26)29-13-6-9-20(3)16-7-8-19(2)15(14(16)10-18-21(20,11-13)30-18)4-5-17(19)31-32(27,28)22(23,24)25/h5,13-16,18H,4,6-11H2,1-3H3/t13-,14?,15?,16?,18-,19-,20+,21-/m0/s1. The van der Waals surface area contributed by atoms with E-state index in [1.54, 1.807) is 6.08 Å². The summed E-state index contributed by atoms with van der Waals surface area (Å²) >= 11 is 0. The maximum atomic E-state index is 12.9. The van der Waals surface area contributed by atoms with E-state index in [1.807, 2.05) is 6.92 Å². The Morgan fingerprint density at radius 2 is 1.91 bits per heavy atom. The van der Waals surface area contributed by atoms with Gasteiger partial charge in [-0.3, -0.25) is 4.79 Å². The summed E-state index contributed by atoms with van der Waals surface area (Å²) in [4.78, 5) is 11.5. The Morgan fingerprint density at radius 3 is 2.56 bits per heavy atom. The van der Waals surface area contributed by atoms with E-state index in [0.717, 1.165) is 25.7 Å². The largest absolute Gasteiger partial charge is 0.534 e. The van der Waals surface area contributed by atoms with E-state index in [-0.39, 0.29) is 46.8 Å². The minimum absolute atomic E-state index is 0.0184. The second-order valence-corrected chi connectivity index (χ2v) is 12.3. The van der Waals surface area contributed by atoms with Crippen LogP contribution in [0.25, 0.3) is 0 Å². The third-order valence-electron chi connectivity index (χ3n) is 9.37. The smallest absolute Gasteiger partial charge is 0.462 e. The molecule has 0 aromatic heterocycles. The van der Waals surface area contributed by atoms with E-state index in [1.165, 1.54) is 6.92 Å². The van der Waals surface area contributed by atoms with Crippen molar-refractivity contribution in [3.63, 3.8) is 0 Å². The molecule has 0 aromatic rings. The molecule has 4 fully saturated rings. The molecule has 32 heavy (non-hydrogen) atoms. The van der Waals surface area contributed by atoms with Gasteiger partial charge in [-0.1, -0.05) is 13.8 Å². The van der Waals surface area contributed by atoms with Crippen molar-refractivity contribution in [2.75, 3.05) is 0 Å². The number of esters is 1. The number of fused-ring (bicyclic) bond motifs is 4. The second-order valence-electron chi connectivity index (χ2n) is 10.7. The van der Waals surface area contributed by atoms with Gasteiger partial charge < -0.3 is 13.7 Å². The van der Waals surface area contributed by atoms with Gasteiger partial charge in [0.15, 0.2) is 0 Å². The summed E-state index contributed by atoms with van der Waals surface area (Å²) in [5.41, 5.74) is -6.58. The van der Waals surface area contributed by atoms with Crippen LogP contribution in [0.15, 0.2) is 11.8 Å². The van der Waals surface area contributed by atoms with Crippen LogP contribution in [0.3, 0.4) is 0 Å². The molecule has 3 unspecified atom stereocenters. The van der Waals surface area contributed by atoms with Crippen molar-refractivity contribution in [1.29, 1.82) is 0 Å². The lowest BCUT2D eigenvalue weighted by molar-refractivity contribution is -0.157. The molecule has 0 bridgehead atoms. The molecule has 8 atom stereocenters. The van der Waals surface area contributed by atoms with Gasteiger partial charge in [0.1, 0.15) is 17.5 Å². The summed E-state index contributed by atoms with van der Waals surface area (Å²) < 4.78 is 78.6. The van der Waals surface area contributed by atoms with Gasteiger partial charge in [-0.15, -0.1) is 0 Å². The lowest BCUT2D eigenvalue weighted by atomic mass is 9.45. The van der Waals surface area contributed by atoms with Crippen LogP contribution in [0.4, 0.5) is 13.2 Å². The van der Waals surface area contributed by atoms with Crippen LogP contribution in [-0.4, -0.2) is 37.7 Å². The number of ether oxygens (including phenoxy) is 2. The first-order valence-corrected chi connectivity index (χ1v) is 12.7. The van der Waals surface area contributed by atoms with Crippen LogP contribution in [0.2, 0.25) is 0 Å². The third-order valence-corrected chi connectivity index (χ3v) is 10.3. The SMILES string of the molecule is CC(=O)O[C@H]1CC[C@]2(C)C3CC[C@]4(C)C(OS(=O)(=O)C(F)(F)F)=CCC4C3C[C@@H]3O[C@@]32C1. The van der Waals surface area contributed by atoms with Crippen LogP contribution >= 0.6 is 0 Å². The molecular weight excluding hydrogens is 449 g/mol. The molecule has 5 aliphatic rings. The van der Waals surface area contributed by atoms with Crippen LogP contribution < -0.4 is 0 Å². The molecule has 1 spiro atoms. The van der Waals surface area contributed by atoms with Crippen molar-refractivity contribution in [1.82, 2.24) is 0 Å². The monoisotopic (exact) mass is 478 g/mol. The fourth-order valence-corrected chi connectivity index (χ4v) is 8.39. The Bertz CT molecular complexity index is 977. The van der Waals surface area contributed by atoms with E-state index in [0.29, 0.717) is 25.2 Å². The zero-order chi connectivity index (χ0) is 23.3.